The lowest BCUT2D eigenvalue weighted by Crippen LogP contribution is -2.28. The highest BCUT2D eigenvalue weighted by molar-refractivity contribution is 7.90. The number of nitrogens with zero attached hydrogens (tertiary/aromatic N) is 1. The minimum atomic E-state index is -3.31. The molecule has 5 nitrogen and oxygen atoms in total. The highest BCUT2D eigenvalue weighted by atomic mass is 32.2. The van der Waals surface area contributed by atoms with Crippen LogP contribution in [-0.2, 0) is 22.8 Å². The van der Waals surface area contributed by atoms with Gasteiger partial charge in [-0.2, -0.15) is 0 Å². The molecule has 0 saturated carbocycles. The van der Waals surface area contributed by atoms with Crippen molar-refractivity contribution in [1.29, 1.82) is 0 Å². The third-order valence-electron chi connectivity index (χ3n) is 4.17. The fourth-order valence-corrected chi connectivity index (χ4v) is 3.95. The molecule has 0 unspecified atom stereocenters. The molecule has 0 aliphatic rings. The first-order valence-corrected chi connectivity index (χ1v) is 11.0. The molecule has 1 aromatic heterocycles. The molecule has 0 bridgehead atoms. The van der Waals surface area contributed by atoms with Crippen LogP contribution in [0.25, 0.3) is 0 Å². The Kier molecular flexibility index (Phi) is 6.38. The van der Waals surface area contributed by atoms with Crippen molar-refractivity contribution in [3.8, 4) is 0 Å². The lowest BCUT2D eigenvalue weighted by atomic mass is 10.1. The number of hydrogen-bond donors (Lipinski definition) is 2. The summed E-state index contributed by atoms with van der Waals surface area (Å²) in [4.78, 5) is 4.70. The maximum Gasteiger partial charge on any atom is 0.175 e. The molecule has 0 saturated heterocycles. The van der Waals surface area contributed by atoms with E-state index in [0.29, 0.717) is 28.8 Å². The Balaban J connectivity index is 1.74. The van der Waals surface area contributed by atoms with Gasteiger partial charge in [-0.1, -0.05) is 54.6 Å². The molecule has 144 valence electrons. The summed E-state index contributed by atoms with van der Waals surface area (Å²) in [5, 5.41) is 6.74. The van der Waals surface area contributed by atoms with Gasteiger partial charge in [-0.05, 0) is 41.0 Å². The van der Waals surface area contributed by atoms with Gasteiger partial charge in [0.05, 0.1) is 4.90 Å². The Hall–Kier alpha value is -2.77. The highest BCUT2D eigenvalue weighted by Crippen LogP contribution is 2.22. The van der Waals surface area contributed by atoms with Crippen LogP contribution in [0.5, 0.6) is 0 Å². The van der Waals surface area contributed by atoms with Gasteiger partial charge in [-0.3, -0.25) is 0 Å². The van der Waals surface area contributed by atoms with E-state index in [1.165, 1.54) is 6.26 Å². The van der Waals surface area contributed by atoms with Crippen LogP contribution < -0.4 is 10.6 Å². The van der Waals surface area contributed by atoms with Crippen molar-refractivity contribution >= 4 is 33.0 Å². The summed E-state index contributed by atoms with van der Waals surface area (Å²) >= 11 is 5.39. The van der Waals surface area contributed by atoms with E-state index in [1.54, 1.807) is 18.3 Å². The van der Waals surface area contributed by atoms with E-state index in [4.69, 9.17) is 12.2 Å². The molecule has 0 spiro atoms. The lowest BCUT2D eigenvalue weighted by Gasteiger charge is -2.14. The van der Waals surface area contributed by atoms with Crippen LogP contribution in [0.1, 0.15) is 16.7 Å². The van der Waals surface area contributed by atoms with Crippen molar-refractivity contribution in [3.63, 3.8) is 0 Å². The molecule has 0 atom stereocenters. The average Bonchev–Trinajstić information content (AvgIpc) is 2.68. The fourth-order valence-electron chi connectivity index (χ4n) is 2.84. The lowest BCUT2D eigenvalue weighted by molar-refractivity contribution is 0.601. The molecule has 2 aromatic carbocycles. The molecule has 0 aliphatic heterocycles. The van der Waals surface area contributed by atoms with E-state index in [-0.39, 0.29) is 0 Å². The van der Waals surface area contributed by atoms with Crippen LogP contribution in [-0.4, -0.2) is 24.8 Å². The van der Waals surface area contributed by atoms with E-state index in [0.717, 1.165) is 16.7 Å². The van der Waals surface area contributed by atoms with E-state index >= 15 is 0 Å². The topological polar surface area (TPSA) is 71.1 Å². The Morgan fingerprint density at radius 2 is 1.64 bits per heavy atom. The van der Waals surface area contributed by atoms with Crippen molar-refractivity contribution in [2.45, 2.75) is 17.9 Å². The Morgan fingerprint density at radius 3 is 2.39 bits per heavy atom. The zero-order valence-electron chi connectivity index (χ0n) is 15.4. The molecule has 0 fully saturated rings. The van der Waals surface area contributed by atoms with Gasteiger partial charge in [0.2, 0.25) is 0 Å². The largest absolute Gasteiger partial charge is 0.358 e. The number of benzene rings is 2. The van der Waals surface area contributed by atoms with Gasteiger partial charge < -0.3 is 10.6 Å². The van der Waals surface area contributed by atoms with Crippen molar-refractivity contribution < 1.29 is 8.42 Å². The number of hydrogen-bond acceptors (Lipinski definition) is 4. The van der Waals surface area contributed by atoms with Gasteiger partial charge in [-0.15, -0.1) is 0 Å². The predicted molar refractivity (Wildman–Crippen MR) is 116 cm³/mol. The van der Waals surface area contributed by atoms with Gasteiger partial charge >= 0.3 is 0 Å². The molecular weight excluding hydrogens is 390 g/mol. The van der Waals surface area contributed by atoms with E-state index < -0.39 is 9.84 Å². The van der Waals surface area contributed by atoms with Gasteiger partial charge in [0.15, 0.2) is 14.9 Å². The normalized spacial score (nSPS) is 11.0. The second-order valence-electron chi connectivity index (χ2n) is 6.36. The van der Waals surface area contributed by atoms with Crippen molar-refractivity contribution in [1.82, 2.24) is 10.3 Å². The molecule has 7 heteroatoms. The SMILES string of the molecule is CS(=O)(=O)c1ccccc1Cc1cccnc1NC(=S)NCc1ccccc1. The van der Waals surface area contributed by atoms with Gasteiger partial charge in [0.25, 0.3) is 0 Å². The van der Waals surface area contributed by atoms with Crippen LogP contribution in [0.3, 0.4) is 0 Å². The molecule has 0 radical (unpaired) electrons. The van der Waals surface area contributed by atoms with Crippen molar-refractivity contribution in [2.24, 2.45) is 0 Å². The van der Waals surface area contributed by atoms with Crippen LogP contribution in [0.2, 0.25) is 0 Å². The van der Waals surface area contributed by atoms with Gasteiger partial charge in [0.1, 0.15) is 5.82 Å². The number of thiocarbonyl (C=S) groups is 1. The highest BCUT2D eigenvalue weighted by Gasteiger charge is 2.14. The third-order valence-corrected chi connectivity index (χ3v) is 5.62. The zero-order chi connectivity index (χ0) is 20.0. The van der Waals surface area contributed by atoms with Crippen molar-refractivity contribution in [3.05, 3.63) is 89.6 Å². The quantitative estimate of drug-likeness (QED) is 0.605. The standard InChI is InChI=1S/C21H21N3O2S2/c1-28(25,26)19-12-6-5-10-17(19)14-18-11-7-13-22-20(18)24-21(27)23-15-16-8-3-2-4-9-16/h2-13H,14-15H2,1H3,(H2,22,23,24,27). The number of sulfone groups is 1. The molecule has 0 amide bonds. The van der Waals surface area contributed by atoms with Crippen LogP contribution >= 0.6 is 12.2 Å². The summed E-state index contributed by atoms with van der Waals surface area (Å²) in [5.41, 5.74) is 2.71. The van der Waals surface area contributed by atoms with E-state index in [9.17, 15) is 8.42 Å². The first-order chi connectivity index (χ1) is 13.4. The molecule has 1 heterocycles. The van der Waals surface area contributed by atoms with Crippen LogP contribution in [0, 0.1) is 0 Å². The molecule has 0 aliphatic carbocycles. The van der Waals surface area contributed by atoms with Crippen LogP contribution in [0.4, 0.5) is 5.82 Å². The van der Waals surface area contributed by atoms with Crippen LogP contribution in [0.15, 0.2) is 77.8 Å². The number of nitrogens with one attached hydrogen (secondary N) is 2. The monoisotopic (exact) mass is 411 g/mol. The van der Waals surface area contributed by atoms with E-state index in [2.05, 4.69) is 15.6 Å². The zero-order valence-corrected chi connectivity index (χ0v) is 17.1. The summed E-state index contributed by atoms with van der Waals surface area (Å²) in [6.45, 7) is 0.603. The molecule has 28 heavy (non-hydrogen) atoms. The molecule has 3 rings (SSSR count). The van der Waals surface area contributed by atoms with Crippen molar-refractivity contribution in [2.75, 3.05) is 11.6 Å². The molecule has 3 aromatic rings. The summed E-state index contributed by atoms with van der Waals surface area (Å²) < 4.78 is 24.1. The van der Waals surface area contributed by atoms with Gasteiger partial charge in [-0.25, -0.2) is 13.4 Å². The first kappa shape index (κ1) is 20.0. The molecular formula is C21H21N3O2S2. The predicted octanol–water partition coefficient (Wildman–Crippen LogP) is 3.56. The Labute approximate surface area is 170 Å². The second kappa shape index (κ2) is 8.95. The minimum Gasteiger partial charge on any atom is -0.358 e. The maximum atomic E-state index is 12.1. The van der Waals surface area contributed by atoms with E-state index in [1.807, 2.05) is 54.6 Å². The average molecular weight is 412 g/mol. The minimum absolute atomic E-state index is 0.328. The third kappa shape index (κ3) is 5.37. The number of rotatable bonds is 6. The summed E-state index contributed by atoms with van der Waals surface area (Å²) in [6, 6.07) is 20.7. The number of aromatic nitrogens is 1. The molecule has 2 N–H and O–H groups in total. The number of pyridine rings is 1. The Bertz CT molecular complexity index is 1070. The second-order valence-corrected chi connectivity index (χ2v) is 8.75. The number of anilines is 1. The summed E-state index contributed by atoms with van der Waals surface area (Å²) in [5.74, 6) is 0.608. The smallest absolute Gasteiger partial charge is 0.175 e. The Morgan fingerprint density at radius 1 is 0.964 bits per heavy atom. The fraction of sp³-hybridized carbons (Fsp3) is 0.143. The first-order valence-electron chi connectivity index (χ1n) is 8.74. The summed E-state index contributed by atoms with van der Waals surface area (Å²) in [7, 11) is -3.31. The van der Waals surface area contributed by atoms with Gasteiger partial charge in [0, 0.05) is 25.4 Å². The maximum absolute atomic E-state index is 12.1. The summed E-state index contributed by atoms with van der Waals surface area (Å²) in [6.07, 6.45) is 3.33.